The number of nitrogens with zero attached hydrogens (tertiary/aromatic N) is 9. The Balaban J connectivity index is 0.000000107. The number of pyridine rings is 5. The molecule has 0 fully saturated rings. The molecule has 0 atom stereocenters. The molecule has 122 heavy (non-hydrogen) atoms. The van der Waals surface area contributed by atoms with E-state index in [1.54, 1.807) is 48.5 Å². The van der Waals surface area contributed by atoms with Gasteiger partial charge in [0.25, 0.3) is 22.2 Å². The van der Waals surface area contributed by atoms with Crippen molar-refractivity contribution in [1.82, 2.24) is 106 Å². The lowest BCUT2D eigenvalue weighted by molar-refractivity contribution is -0.137. The highest BCUT2D eigenvalue weighted by molar-refractivity contribution is 6.35. The second kappa shape index (κ2) is 31.1. The molecule has 0 spiro atoms. The van der Waals surface area contributed by atoms with Gasteiger partial charge in [-0.1, -0.05) is 95.5 Å². The molecule has 13 heterocycles. The summed E-state index contributed by atoms with van der Waals surface area (Å²) >= 11 is 19.6. The van der Waals surface area contributed by atoms with E-state index in [9.17, 15) is 32.3 Å². The Morgan fingerprint density at radius 1 is 0.369 bits per heavy atom. The Hall–Kier alpha value is -15.4. The highest BCUT2D eigenvalue weighted by atomic mass is 35.5. The third kappa shape index (κ3) is 14.7. The van der Waals surface area contributed by atoms with E-state index in [1.165, 1.54) is 23.9 Å². The second-order valence-electron chi connectivity index (χ2n) is 29.2. The second-order valence-corrected chi connectivity index (χ2v) is 30.4. The predicted molar refractivity (Wildman–Crippen MR) is 472 cm³/mol. The van der Waals surface area contributed by atoms with Crippen LogP contribution in [0.1, 0.15) is 46.5 Å². The Kier molecular flexibility index (Phi) is 19.5. The molecule has 35 heteroatoms. The van der Waals surface area contributed by atoms with Crippen LogP contribution in [0.2, 0.25) is 15.1 Å². The molecule has 13 aromatic heterocycles. The monoisotopic (exact) mass is 1690 g/mol. The van der Waals surface area contributed by atoms with Crippen LogP contribution in [0.25, 0.3) is 143 Å². The van der Waals surface area contributed by atoms with Crippen molar-refractivity contribution in [3.05, 3.63) is 284 Å². The number of aryl methyl sites for hydroxylation is 3. The van der Waals surface area contributed by atoms with Gasteiger partial charge in [-0.25, -0.2) is 19.9 Å². The number of fused-ring (bicyclic) bond motifs is 10. The topological polar surface area (TPSA) is 422 Å². The summed E-state index contributed by atoms with van der Waals surface area (Å²) in [6.45, 7) is 5.96. The maximum absolute atomic E-state index is 14.0. The Morgan fingerprint density at radius 2 is 0.820 bits per heavy atom. The fourth-order valence-corrected chi connectivity index (χ4v) is 15.9. The van der Waals surface area contributed by atoms with Gasteiger partial charge in [-0.05, 0) is 190 Å². The molecule has 8 aromatic carbocycles. The maximum Gasteiger partial charge on any atom is 0.417 e. The summed E-state index contributed by atoms with van der Waals surface area (Å²) in [5, 5.41) is 72.4. The molecule has 0 amide bonds. The Labute approximate surface area is 698 Å². The van der Waals surface area contributed by atoms with Crippen molar-refractivity contribution in [1.29, 1.82) is 0 Å². The molecule has 604 valence electrons. The summed E-state index contributed by atoms with van der Waals surface area (Å²) in [5.74, 6) is 4.03. The van der Waals surface area contributed by atoms with Crippen molar-refractivity contribution >= 4 is 179 Å². The lowest BCUT2D eigenvalue weighted by Gasteiger charge is -2.21. The standard InChI is InChI=1S/C23H19ClN6O.C23H14F3N7O.C21H17ClN6O.C20H15ClN6O/c24-16-10-21-15(23(31)30-28-21)9-14(16)20-11-19(12-5-1-3-7-17(12)25-20)26-22-13-6-2-4-8-18(13)27-29-22;24-23(25,26)15-9-19-14(22(34)33-31-19)8-13(15)18-10-17(12-5-3-7-27-20(12)28-18)29-21-11-4-1-2-6-16(11)30-32-21;1-10-7-17(13-8-14-18(9-15(13)22)26-28-21(14)29)23-19(11(10)2)24-20-12-5-3-4-6-16(12)25-27-20;1-10-6-18(26-24-10)23-19-12-5-3-2-4-11(12)7-16(22-19)13-8-14-17(9-15(13)21)25-27-20(14)28/h2,4,6,8-11H,1,3,5,7H2,(H2,28,30,31)(H2,25,26,27,29);1-10H,(H2,31,33,34)(H2,27,28,29,30,32);3-9H,1-2H3,(H2,26,28,29)(H2,23,24,25,27);2-9H,1H3,(H2,25,27,28)(H2,22,23,24,26). The molecule has 29 nitrogen and oxygen atoms in total. The normalized spacial score (nSPS) is 12.1. The van der Waals surface area contributed by atoms with Gasteiger partial charge in [-0.15, -0.1) is 0 Å². The summed E-state index contributed by atoms with van der Waals surface area (Å²) in [6, 6.07) is 56.8. The molecule has 21 aromatic rings. The van der Waals surface area contributed by atoms with Crippen molar-refractivity contribution in [2.75, 3.05) is 21.3 Å². The summed E-state index contributed by atoms with van der Waals surface area (Å²) in [5.41, 5.74) is 13.8. The van der Waals surface area contributed by atoms with Crippen molar-refractivity contribution in [3.63, 3.8) is 0 Å². The molecule has 0 unspecified atom stereocenters. The summed E-state index contributed by atoms with van der Waals surface area (Å²) in [6.07, 6.45) is 0.969. The first-order valence-electron chi connectivity index (χ1n) is 38.2. The van der Waals surface area contributed by atoms with Gasteiger partial charge in [-0.3, -0.25) is 85.3 Å². The van der Waals surface area contributed by atoms with Crippen LogP contribution in [0, 0.1) is 20.8 Å². The summed E-state index contributed by atoms with van der Waals surface area (Å²) in [4.78, 5) is 71.5. The van der Waals surface area contributed by atoms with Gasteiger partial charge < -0.3 is 21.3 Å². The van der Waals surface area contributed by atoms with E-state index in [0.717, 1.165) is 121 Å². The highest BCUT2D eigenvalue weighted by Gasteiger charge is 2.36. The minimum atomic E-state index is -4.68. The molecule has 22 rings (SSSR count). The number of para-hydroxylation sites is 3. The van der Waals surface area contributed by atoms with Gasteiger partial charge in [0.15, 0.2) is 28.9 Å². The number of halogens is 6. The quantitative estimate of drug-likeness (QED) is 0.0540. The van der Waals surface area contributed by atoms with Crippen LogP contribution in [0.4, 0.5) is 59.5 Å². The zero-order valence-electron chi connectivity index (χ0n) is 64.2. The van der Waals surface area contributed by atoms with Gasteiger partial charge in [-0.2, -0.15) is 33.6 Å². The molecular formula is C87H65Cl3F3N25O4. The van der Waals surface area contributed by atoms with Gasteiger partial charge in [0, 0.05) is 78.5 Å². The number of hydrogen-bond acceptors (Lipinski definition) is 17. The number of rotatable bonds is 12. The first-order chi connectivity index (χ1) is 59.1. The smallest absolute Gasteiger partial charge is 0.338 e. The van der Waals surface area contributed by atoms with Crippen LogP contribution < -0.4 is 43.5 Å². The molecule has 0 aliphatic heterocycles. The number of benzene rings is 8. The van der Waals surface area contributed by atoms with E-state index in [0.29, 0.717) is 110 Å². The fraction of sp³-hybridized carbons (Fsp3) is 0.0920. The number of alkyl halides is 3. The molecule has 16 N–H and O–H groups in total. The number of nitrogens with one attached hydrogen (secondary N) is 16. The van der Waals surface area contributed by atoms with E-state index in [-0.39, 0.29) is 44.5 Å². The molecule has 0 radical (unpaired) electrons. The highest BCUT2D eigenvalue weighted by Crippen LogP contribution is 2.43. The lowest BCUT2D eigenvalue weighted by Crippen LogP contribution is -2.10. The predicted octanol–water partition coefficient (Wildman–Crippen LogP) is 19.5. The maximum atomic E-state index is 14.0. The van der Waals surface area contributed by atoms with Gasteiger partial charge in [0.1, 0.15) is 11.6 Å². The number of hydrogen-bond donors (Lipinski definition) is 16. The lowest BCUT2D eigenvalue weighted by atomic mass is 9.93. The minimum Gasteiger partial charge on any atom is -0.338 e. The molecule has 0 bridgehead atoms. The van der Waals surface area contributed by atoms with E-state index >= 15 is 0 Å². The molecule has 0 saturated carbocycles. The summed E-state index contributed by atoms with van der Waals surface area (Å²) in [7, 11) is 0. The van der Waals surface area contributed by atoms with Crippen LogP contribution in [0.3, 0.4) is 0 Å². The van der Waals surface area contributed by atoms with Crippen LogP contribution in [-0.2, 0) is 19.0 Å². The van der Waals surface area contributed by atoms with E-state index in [1.807, 2.05) is 142 Å². The van der Waals surface area contributed by atoms with Crippen LogP contribution in [-0.4, -0.2) is 106 Å². The molecule has 1 aliphatic carbocycles. The third-order valence-corrected chi connectivity index (χ3v) is 22.3. The number of aromatic nitrogens is 21. The molecule has 0 saturated heterocycles. The summed E-state index contributed by atoms with van der Waals surface area (Å²) < 4.78 is 42.0. The third-order valence-electron chi connectivity index (χ3n) is 21.4. The van der Waals surface area contributed by atoms with Crippen LogP contribution >= 0.6 is 34.8 Å². The van der Waals surface area contributed by atoms with Gasteiger partial charge in [0.05, 0.1) is 109 Å². The average molecular weight is 1690 g/mol. The number of aromatic amines is 12. The van der Waals surface area contributed by atoms with Gasteiger partial charge >= 0.3 is 6.18 Å². The minimum absolute atomic E-state index is 0.0170. The SMILES string of the molecule is Cc1cc(-c2cc3c(=O)[nH][nH]c3cc2Cl)nc(Nc2n[nH]c3ccccc23)c1C.Cc1cc(Nc2nc(-c3cc4c(=O)[nH][nH]c4cc3Cl)cc3ccccc23)n[nH]1.O=c1[nH][nH]c2cc(C(F)(F)F)c(-c3cc(Nc4n[nH]c5ccccc45)c4cccnc4n3)cc12.O=c1[nH][nH]c2cc(Cl)c(-c3cc(Nc4n[nH]c5ccccc45)c4c(n3)CCCC4)cc12. The van der Waals surface area contributed by atoms with Crippen molar-refractivity contribution in [2.24, 2.45) is 0 Å². The van der Waals surface area contributed by atoms with E-state index in [4.69, 9.17) is 49.8 Å². The first kappa shape index (κ1) is 76.6. The first-order valence-corrected chi connectivity index (χ1v) is 39.4. The van der Waals surface area contributed by atoms with Crippen LogP contribution in [0.15, 0.2) is 213 Å². The molecular weight excluding hydrogens is 1620 g/mol. The average Bonchev–Trinajstić information content (AvgIpc) is 1.39. The Bertz CT molecular complexity index is 7980. The number of H-pyrrole nitrogens is 12. The zero-order chi connectivity index (χ0) is 83.8. The van der Waals surface area contributed by atoms with Crippen molar-refractivity contribution in [2.45, 2.75) is 52.6 Å². The largest absolute Gasteiger partial charge is 0.417 e. The van der Waals surface area contributed by atoms with Crippen molar-refractivity contribution < 1.29 is 13.2 Å². The van der Waals surface area contributed by atoms with E-state index in [2.05, 4.69) is 113 Å². The zero-order valence-corrected chi connectivity index (χ0v) is 66.5. The number of anilines is 8. The Morgan fingerprint density at radius 3 is 1.36 bits per heavy atom. The fourth-order valence-electron chi connectivity index (χ4n) is 15.1. The van der Waals surface area contributed by atoms with Crippen LogP contribution in [0.5, 0.6) is 0 Å². The van der Waals surface area contributed by atoms with E-state index < -0.39 is 17.3 Å². The van der Waals surface area contributed by atoms with Crippen molar-refractivity contribution in [3.8, 4) is 45.0 Å². The molecule has 1 aliphatic rings. The van der Waals surface area contributed by atoms with Gasteiger partial charge in [0.2, 0.25) is 0 Å².